The molecule has 1 unspecified atom stereocenters. The van der Waals surface area contributed by atoms with Crippen LogP contribution >= 0.6 is 0 Å². The van der Waals surface area contributed by atoms with Gasteiger partial charge in [0.15, 0.2) is 6.10 Å². The molecule has 0 saturated heterocycles. The molecule has 0 spiro atoms. The van der Waals surface area contributed by atoms with Gasteiger partial charge in [-0.25, -0.2) is 0 Å². The van der Waals surface area contributed by atoms with E-state index in [0.29, 0.717) is 19.3 Å². The normalized spacial score (nSPS) is 12.9. The average Bonchev–Trinajstić information content (AvgIpc) is 3.40. The number of unbranched alkanes of at least 4 members (excludes halogenated alkanes) is 26. The van der Waals surface area contributed by atoms with Crippen LogP contribution < -0.4 is 0 Å². The number of carbonyl (C=O) groups is 3. The van der Waals surface area contributed by atoms with Gasteiger partial charge in [0.2, 0.25) is 0 Å². The van der Waals surface area contributed by atoms with Crippen molar-refractivity contribution in [2.45, 2.75) is 290 Å². The lowest BCUT2D eigenvalue weighted by atomic mass is 10.0. The first-order chi connectivity index (χ1) is 36.5. The van der Waals surface area contributed by atoms with E-state index < -0.39 is 6.10 Å². The fraction of sp³-hybridized carbons (Fsp3) is 0.691. The summed E-state index contributed by atoms with van der Waals surface area (Å²) < 4.78 is 16.7. The minimum atomic E-state index is -0.782. The predicted octanol–water partition coefficient (Wildman–Crippen LogP) is 21.0. The molecule has 0 aromatic rings. The maximum Gasteiger partial charge on any atom is 0.306 e. The second-order valence-electron chi connectivity index (χ2n) is 20.2. The zero-order valence-corrected chi connectivity index (χ0v) is 48.3. The molecule has 0 aromatic carbocycles. The monoisotopic (exact) mass is 1030 g/mol. The first kappa shape index (κ1) is 70.1. The highest BCUT2D eigenvalue weighted by molar-refractivity contribution is 5.71. The Kier molecular flexibility index (Phi) is 58.3. The molecule has 6 heteroatoms. The van der Waals surface area contributed by atoms with Crippen molar-refractivity contribution in [3.8, 4) is 0 Å². The van der Waals surface area contributed by atoms with E-state index in [9.17, 15) is 14.4 Å². The fourth-order valence-electron chi connectivity index (χ4n) is 8.39. The summed E-state index contributed by atoms with van der Waals surface area (Å²) in [6.45, 7) is 6.43. The van der Waals surface area contributed by atoms with Crippen molar-refractivity contribution in [1.29, 1.82) is 0 Å². The summed E-state index contributed by atoms with van der Waals surface area (Å²) in [5, 5.41) is 0. The molecule has 0 rings (SSSR count). The lowest BCUT2D eigenvalue weighted by Gasteiger charge is -2.18. The molecule has 0 heterocycles. The van der Waals surface area contributed by atoms with E-state index in [4.69, 9.17) is 14.2 Å². The molecule has 0 amide bonds. The van der Waals surface area contributed by atoms with Crippen LogP contribution in [-0.2, 0) is 28.6 Å². The van der Waals surface area contributed by atoms with E-state index in [2.05, 4.69) is 130 Å². The summed E-state index contributed by atoms with van der Waals surface area (Å²) in [5.41, 5.74) is 0. The van der Waals surface area contributed by atoms with Crippen LogP contribution in [0.25, 0.3) is 0 Å². The lowest BCUT2D eigenvalue weighted by Crippen LogP contribution is -2.30. The van der Waals surface area contributed by atoms with Crippen molar-refractivity contribution in [1.82, 2.24) is 0 Å². The Labute approximate surface area is 457 Å². The highest BCUT2D eigenvalue weighted by Gasteiger charge is 2.19. The van der Waals surface area contributed by atoms with Crippen molar-refractivity contribution in [2.75, 3.05) is 13.2 Å². The molecule has 0 aliphatic carbocycles. The molecule has 0 saturated carbocycles. The molecular weight excluding hydrogens is 913 g/mol. The molecule has 1 atom stereocenters. The molecule has 0 aliphatic heterocycles. The molecule has 0 N–H and O–H groups in total. The van der Waals surface area contributed by atoms with Gasteiger partial charge < -0.3 is 14.2 Å². The van der Waals surface area contributed by atoms with Gasteiger partial charge in [-0.15, -0.1) is 0 Å². The summed E-state index contributed by atoms with van der Waals surface area (Å²) >= 11 is 0. The Morgan fingerprint density at radius 1 is 0.284 bits per heavy atom. The number of allylic oxidation sites excluding steroid dienone is 18. The van der Waals surface area contributed by atoms with Gasteiger partial charge >= 0.3 is 17.9 Å². The summed E-state index contributed by atoms with van der Waals surface area (Å²) in [4.78, 5) is 37.9. The van der Waals surface area contributed by atoms with E-state index in [1.165, 1.54) is 116 Å². The molecule has 0 bridgehead atoms. The fourth-order valence-corrected chi connectivity index (χ4v) is 8.39. The smallest absolute Gasteiger partial charge is 0.306 e. The van der Waals surface area contributed by atoms with E-state index in [-0.39, 0.29) is 31.1 Å². The van der Waals surface area contributed by atoms with Crippen molar-refractivity contribution in [3.05, 3.63) is 109 Å². The van der Waals surface area contributed by atoms with Crippen molar-refractivity contribution < 1.29 is 28.6 Å². The van der Waals surface area contributed by atoms with Crippen LogP contribution in [0, 0.1) is 0 Å². The van der Waals surface area contributed by atoms with Crippen LogP contribution in [0.1, 0.15) is 284 Å². The third kappa shape index (κ3) is 59.0. The predicted molar refractivity (Wildman–Crippen MR) is 320 cm³/mol. The summed E-state index contributed by atoms with van der Waals surface area (Å²) in [6.07, 6.45) is 84.2. The Morgan fingerprint density at radius 2 is 0.527 bits per heavy atom. The maximum absolute atomic E-state index is 12.8. The van der Waals surface area contributed by atoms with Gasteiger partial charge in [-0.1, -0.05) is 265 Å². The van der Waals surface area contributed by atoms with Crippen LogP contribution in [0.15, 0.2) is 109 Å². The summed E-state index contributed by atoms with van der Waals surface area (Å²) in [7, 11) is 0. The largest absolute Gasteiger partial charge is 0.462 e. The summed E-state index contributed by atoms with van der Waals surface area (Å²) in [5.74, 6) is -0.904. The minimum Gasteiger partial charge on any atom is -0.462 e. The third-order valence-electron chi connectivity index (χ3n) is 13.0. The quantitative estimate of drug-likeness (QED) is 0.0261. The number of ether oxygens (including phenoxy) is 3. The lowest BCUT2D eigenvalue weighted by molar-refractivity contribution is -0.167. The third-order valence-corrected chi connectivity index (χ3v) is 13.0. The second-order valence-corrected chi connectivity index (χ2v) is 20.2. The number of esters is 3. The highest BCUT2D eigenvalue weighted by atomic mass is 16.6. The second kappa shape index (κ2) is 61.6. The van der Waals surface area contributed by atoms with Gasteiger partial charge in [-0.2, -0.15) is 0 Å². The Hall–Kier alpha value is -3.93. The van der Waals surface area contributed by atoms with Crippen LogP contribution in [0.5, 0.6) is 0 Å². The topological polar surface area (TPSA) is 78.9 Å². The Morgan fingerprint density at radius 3 is 0.851 bits per heavy atom. The van der Waals surface area contributed by atoms with Crippen LogP contribution in [0.2, 0.25) is 0 Å². The van der Waals surface area contributed by atoms with Gasteiger partial charge in [0.25, 0.3) is 0 Å². The van der Waals surface area contributed by atoms with Crippen molar-refractivity contribution in [2.24, 2.45) is 0 Å². The van der Waals surface area contributed by atoms with Crippen molar-refractivity contribution >= 4 is 17.9 Å². The summed E-state index contributed by atoms with van der Waals surface area (Å²) in [6, 6.07) is 0. The molecule has 74 heavy (non-hydrogen) atoms. The van der Waals surface area contributed by atoms with E-state index in [0.717, 1.165) is 128 Å². The number of carbonyl (C=O) groups excluding carboxylic acids is 3. The maximum atomic E-state index is 12.8. The molecule has 0 aromatic heterocycles. The SMILES string of the molecule is CC/C=C\C/C=C\C/C=C\C/C=C\C/C=C\C/C=C\C/C=C\CCCCCCCCCCCCCCCC(=O)OCC(COC(=O)CCCCCCCC)OC(=O)CCCCCCC/C=C\C/C=C\CCCCC. The standard InChI is InChI=1S/C68H114O6/c1-4-7-10-13-16-18-20-22-24-25-26-27-28-29-30-31-32-33-34-35-36-37-38-39-40-41-42-43-45-46-48-50-52-55-58-61-67(70)73-64-65(63-72-66(69)60-57-54-15-12-9-6-3)74-68(71)62-59-56-53-51-49-47-44-23-21-19-17-14-11-8-5-2/h7,10,16-19,22-24,26-27,29-30,32-33,35-36,44,65H,4-6,8-9,11-15,20-21,25,28,31,34,37-43,45-64H2,1-3H3/b10-7-,18-16-,19-17-,24-22-,27-26-,30-29-,33-32-,36-35-,44-23-. The van der Waals surface area contributed by atoms with Gasteiger partial charge in [0.05, 0.1) is 0 Å². The molecular formula is C68H114O6. The van der Waals surface area contributed by atoms with Gasteiger partial charge in [-0.05, 0) is 109 Å². The van der Waals surface area contributed by atoms with Gasteiger partial charge in [-0.3, -0.25) is 14.4 Å². The zero-order valence-electron chi connectivity index (χ0n) is 48.3. The highest BCUT2D eigenvalue weighted by Crippen LogP contribution is 2.15. The first-order valence-corrected chi connectivity index (χ1v) is 30.9. The van der Waals surface area contributed by atoms with E-state index in [1.54, 1.807) is 0 Å². The average molecular weight is 1030 g/mol. The zero-order chi connectivity index (χ0) is 53.6. The molecule has 422 valence electrons. The van der Waals surface area contributed by atoms with E-state index >= 15 is 0 Å². The van der Waals surface area contributed by atoms with Gasteiger partial charge in [0, 0.05) is 19.3 Å². The molecule has 0 aliphatic rings. The van der Waals surface area contributed by atoms with Crippen molar-refractivity contribution in [3.63, 3.8) is 0 Å². The number of hydrogen-bond acceptors (Lipinski definition) is 6. The minimum absolute atomic E-state index is 0.0824. The first-order valence-electron chi connectivity index (χ1n) is 30.9. The van der Waals surface area contributed by atoms with E-state index in [1.807, 2.05) is 0 Å². The number of hydrogen-bond donors (Lipinski definition) is 0. The molecule has 6 nitrogen and oxygen atoms in total. The van der Waals surface area contributed by atoms with Crippen LogP contribution in [-0.4, -0.2) is 37.2 Å². The Bertz CT molecular complexity index is 1510. The Balaban J connectivity index is 4.02. The molecule has 0 radical (unpaired) electrons. The van der Waals surface area contributed by atoms with Crippen LogP contribution in [0.3, 0.4) is 0 Å². The number of rotatable bonds is 55. The van der Waals surface area contributed by atoms with Crippen LogP contribution in [0.4, 0.5) is 0 Å². The van der Waals surface area contributed by atoms with Gasteiger partial charge in [0.1, 0.15) is 13.2 Å². The molecule has 0 fully saturated rings.